The second kappa shape index (κ2) is 5.38. The summed E-state index contributed by atoms with van der Waals surface area (Å²) < 4.78 is 8.11. The lowest BCUT2D eigenvalue weighted by molar-refractivity contribution is 0.102. The van der Waals surface area contributed by atoms with Gasteiger partial charge in [-0.1, -0.05) is 23.1 Å². The first-order valence-corrected chi connectivity index (χ1v) is 9.18. The number of aromatic nitrogens is 2. The Bertz CT molecular complexity index is 972. The summed E-state index contributed by atoms with van der Waals surface area (Å²) in [6.45, 7) is 0. The number of carbonyl (C=O) groups is 1. The Balaban J connectivity index is 1.75. The van der Waals surface area contributed by atoms with E-state index < -0.39 is 0 Å². The number of furan rings is 1. The minimum Gasteiger partial charge on any atom is -0.472 e. The van der Waals surface area contributed by atoms with E-state index in [1.54, 1.807) is 29.2 Å². The Morgan fingerprint density at radius 2 is 1.95 bits per heavy atom. The SMILES string of the molecule is CSc1nc2ccc3nc(NC(=O)c4ccoc4)sc3c2s1. The fraction of sp³-hybridized carbons (Fsp3) is 0.0714. The molecule has 3 aromatic heterocycles. The highest BCUT2D eigenvalue weighted by atomic mass is 32.2. The highest BCUT2D eigenvalue weighted by Crippen LogP contribution is 2.38. The van der Waals surface area contributed by atoms with Crippen LogP contribution in [-0.4, -0.2) is 22.1 Å². The predicted octanol–water partition coefficient (Wildman–Crippen LogP) is 4.47. The molecule has 0 radical (unpaired) electrons. The lowest BCUT2D eigenvalue weighted by Gasteiger charge is -1.96. The molecular formula is C14H9N3O2S3. The molecule has 0 unspecified atom stereocenters. The number of carbonyl (C=O) groups excluding carboxylic acids is 1. The molecule has 0 aliphatic rings. The molecule has 1 N–H and O–H groups in total. The lowest BCUT2D eigenvalue weighted by atomic mass is 10.3. The molecule has 110 valence electrons. The zero-order valence-electron chi connectivity index (χ0n) is 11.3. The van der Waals surface area contributed by atoms with Gasteiger partial charge in [-0.3, -0.25) is 10.1 Å². The van der Waals surface area contributed by atoms with Gasteiger partial charge in [0.15, 0.2) is 9.47 Å². The molecule has 0 spiro atoms. The van der Waals surface area contributed by atoms with Crippen LogP contribution in [0.4, 0.5) is 5.13 Å². The predicted molar refractivity (Wildman–Crippen MR) is 91.2 cm³/mol. The molecule has 0 bridgehead atoms. The maximum absolute atomic E-state index is 12.0. The molecule has 22 heavy (non-hydrogen) atoms. The summed E-state index contributed by atoms with van der Waals surface area (Å²) in [4.78, 5) is 21.1. The van der Waals surface area contributed by atoms with E-state index in [-0.39, 0.29) is 5.91 Å². The van der Waals surface area contributed by atoms with Crippen molar-refractivity contribution in [3.8, 4) is 0 Å². The number of thioether (sulfide) groups is 1. The van der Waals surface area contributed by atoms with Crippen molar-refractivity contribution in [3.63, 3.8) is 0 Å². The number of nitrogens with zero attached hydrogens (tertiary/aromatic N) is 2. The third kappa shape index (κ3) is 2.29. The van der Waals surface area contributed by atoms with Crippen molar-refractivity contribution in [2.45, 2.75) is 4.34 Å². The number of thiazole rings is 2. The Morgan fingerprint density at radius 1 is 1.18 bits per heavy atom. The summed E-state index contributed by atoms with van der Waals surface area (Å²) >= 11 is 4.75. The first kappa shape index (κ1) is 13.7. The largest absolute Gasteiger partial charge is 0.472 e. The molecular weight excluding hydrogens is 338 g/mol. The molecule has 1 aromatic carbocycles. The molecule has 8 heteroatoms. The van der Waals surface area contributed by atoms with Crippen LogP contribution in [0.5, 0.6) is 0 Å². The number of hydrogen-bond donors (Lipinski definition) is 1. The summed E-state index contributed by atoms with van der Waals surface area (Å²) in [5, 5.41) is 3.38. The van der Waals surface area contributed by atoms with Crippen LogP contribution in [0.3, 0.4) is 0 Å². The van der Waals surface area contributed by atoms with Crippen molar-refractivity contribution in [1.29, 1.82) is 0 Å². The van der Waals surface area contributed by atoms with Crippen LogP contribution in [0, 0.1) is 0 Å². The number of rotatable bonds is 3. The summed E-state index contributed by atoms with van der Waals surface area (Å²) in [5.74, 6) is -0.224. The van der Waals surface area contributed by atoms with Gasteiger partial charge in [0, 0.05) is 0 Å². The van der Waals surface area contributed by atoms with Gasteiger partial charge in [0.25, 0.3) is 5.91 Å². The zero-order valence-corrected chi connectivity index (χ0v) is 13.8. The van der Waals surface area contributed by atoms with E-state index >= 15 is 0 Å². The summed E-state index contributed by atoms with van der Waals surface area (Å²) in [5.41, 5.74) is 2.32. The summed E-state index contributed by atoms with van der Waals surface area (Å²) in [7, 11) is 0. The van der Waals surface area contributed by atoms with Crippen LogP contribution in [-0.2, 0) is 0 Å². The maximum Gasteiger partial charge on any atom is 0.260 e. The minimum absolute atomic E-state index is 0.224. The monoisotopic (exact) mass is 347 g/mol. The summed E-state index contributed by atoms with van der Waals surface area (Å²) in [6, 6.07) is 5.52. The van der Waals surface area contributed by atoms with E-state index in [1.165, 1.54) is 23.9 Å². The number of nitrogens with one attached hydrogen (secondary N) is 1. The number of anilines is 1. The Kier molecular flexibility index (Phi) is 3.36. The van der Waals surface area contributed by atoms with E-state index in [1.807, 2.05) is 18.4 Å². The molecule has 4 aromatic rings. The smallest absolute Gasteiger partial charge is 0.260 e. The third-order valence-electron chi connectivity index (χ3n) is 3.07. The van der Waals surface area contributed by atoms with Crippen molar-refractivity contribution < 1.29 is 9.21 Å². The second-order valence-electron chi connectivity index (χ2n) is 4.43. The van der Waals surface area contributed by atoms with Crippen LogP contribution in [0.1, 0.15) is 10.4 Å². The fourth-order valence-electron chi connectivity index (χ4n) is 2.06. The molecule has 0 saturated heterocycles. The average Bonchev–Trinajstić information content (AvgIpc) is 3.24. The van der Waals surface area contributed by atoms with E-state index in [0.717, 1.165) is 24.8 Å². The van der Waals surface area contributed by atoms with Crippen LogP contribution < -0.4 is 5.32 Å². The molecule has 0 atom stereocenters. The number of benzene rings is 1. The van der Waals surface area contributed by atoms with Crippen LogP contribution in [0.15, 0.2) is 39.5 Å². The van der Waals surface area contributed by atoms with Crippen LogP contribution in [0.25, 0.3) is 20.4 Å². The van der Waals surface area contributed by atoms with Crippen molar-refractivity contribution in [2.24, 2.45) is 0 Å². The molecule has 0 fully saturated rings. The molecule has 0 aliphatic carbocycles. The van der Waals surface area contributed by atoms with Crippen LogP contribution >= 0.6 is 34.4 Å². The van der Waals surface area contributed by atoms with Gasteiger partial charge in [0.1, 0.15) is 6.26 Å². The first-order chi connectivity index (χ1) is 10.7. The highest BCUT2D eigenvalue weighted by molar-refractivity contribution is 8.00. The molecule has 5 nitrogen and oxygen atoms in total. The van der Waals surface area contributed by atoms with Gasteiger partial charge in [-0.2, -0.15) is 0 Å². The summed E-state index contributed by atoms with van der Waals surface area (Å²) in [6.07, 6.45) is 4.89. The van der Waals surface area contributed by atoms with Crippen molar-refractivity contribution in [1.82, 2.24) is 9.97 Å². The molecule has 4 rings (SSSR count). The highest BCUT2D eigenvalue weighted by Gasteiger charge is 2.14. The Labute approximate surface area is 137 Å². The first-order valence-electron chi connectivity index (χ1n) is 6.32. The van der Waals surface area contributed by atoms with E-state index in [9.17, 15) is 4.79 Å². The van der Waals surface area contributed by atoms with Gasteiger partial charge in [-0.15, -0.1) is 11.3 Å². The van der Waals surface area contributed by atoms with E-state index in [4.69, 9.17) is 4.42 Å². The van der Waals surface area contributed by atoms with Crippen LogP contribution in [0.2, 0.25) is 0 Å². The Hall–Kier alpha value is -1.90. The zero-order chi connectivity index (χ0) is 15.1. The van der Waals surface area contributed by atoms with E-state index in [0.29, 0.717) is 10.7 Å². The van der Waals surface area contributed by atoms with Crippen molar-refractivity contribution >= 4 is 65.9 Å². The Morgan fingerprint density at radius 3 is 2.68 bits per heavy atom. The fourth-order valence-corrected chi connectivity index (χ4v) is 4.71. The second-order valence-corrected chi connectivity index (χ2v) is 7.48. The normalized spacial score (nSPS) is 11.3. The lowest BCUT2D eigenvalue weighted by Crippen LogP contribution is -2.10. The van der Waals surface area contributed by atoms with Crippen molar-refractivity contribution in [3.05, 3.63) is 36.3 Å². The maximum atomic E-state index is 12.0. The van der Waals surface area contributed by atoms with Gasteiger partial charge in [0.05, 0.1) is 32.3 Å². The molecule has 0 saturated carbocycles. The van der Waals surface area contributed by atoms with Gasteiger partial charge < -0.3 is 4.42 Å². The third-order valence-corrected chi connectivity index (χ3v) is 6.28. The van der Waals surface area contributed by atoms with Gasteiger partial charge in [-0.05, 0) is 24.5 Å². The van der Waals surface area contributed by atoms with Gasteiger partial charge >= 0.3 is 0 Å². The van der Waals surface area contributed by atoms with Crippen molar-refractivity contribution in [2.75, 3.05) is 11.6 Å². The van der Waals surface area contributed by atoms with Gasteiger partial charge in [-0.25, -0.2) is 9.97 Å². The molecule has 3 heterocycles. The topological polar surface area (TPSA) is 68.0 Å². The standard InChI is InChI=1S/C14H9N3O2S3/c1-20-14-16-9-3-2-8-10(11(9)22-14)21-13(15-8)17-12(18)7-4-5-19-6-7/h2-6H,1H3,(H,15,17,18). The number of amides is 1. The molecule has 1 amide bonds. The minimum atomic E-state index is -0.224. The van der Waals surface area contributed by atoms with E-state index in [2.05, 4.69) is 15.3 Å². The van der Waals surface area contributed by atoms with Gasteiger partial charge in [0.2, 0.25) is 0 Å². The number of hydrogen-bond acceptors (Lipinski definition) is 7. The molecule has 0 aliphatic heterocycles. The quantitative estimate of drug-likeness (QED) is 0.554. The number of fused-ring (bicyclic) bond motifs is 3. The average molecular weight is 347 g/mol.